The van der Waals surface area contributed by atoms with E-state index in [0.717, 1.165) is 16.8 Å². The lowest BCUT2D eigenvalue weighted by molar-refractivity contribution is -0.115. The lowest BCUT2D eigenvalue weighted by Gasteiger charge is -2.12. The molecule has 1 aromatic carbocycles. The van der Waals surface area contributed by atoms with Gasteiger partial charge in [-0.15, -0.1) is 0 Å². The molecule has 2 heterocycles. The van der Waals surface area contributed by atoms with Crippen LogP contribution < -0.4 is 10.6 Å². The Kier molecular flexibility index (Phi) is 5.03. The van der Waals surface area contributed by atoms with Crippen molar-refractivity contribution in [2.24, 2.45) is 0 Å². The number of hydrogen-bond donors (Lipinski definition) is 2. The first-order valence-corrected chi connectivity index (χ1v) is 10.0. The zero-order valence-electron chi connectivity index (χ0n) is 14.0. The minimum Gasteiger partial charge on any atom is -0.380 e. The highest BCUT2D eigenvalue weighted by atomic mass is 32.2. The Labute approximate surface area is 147 Å². The van der Waals surface area contributed by atoms with Gasteiger partial charge in [-0.3, -0.25) is 4.79 Å². The van der Waals surface area contributed by atoms with E-state index < -0.39 is 9.84 Å². The Morgan fingerprint density at radius 1 is 1.28 bits per heavy atom. The molecule has 1 amide bonds. The Hall–Kier alpha value is -2.41. The standard InChI is InChI=1S/C18H21N3O3S/c1-13-3-2-4-14(9-13)10-18(22)21-17-6-5-15(11-19-17)20-16-7-8-25(23,24)12-16/h2-6,9,11,16,20H,7-8,10,12H2,1H3,(H,19,21,22). The molecule has 7 heteroatoms. The van der Waals surface area contributed by atoms with Gasteiger partial charge in [0.05, 0.1) is 29.8 Å². The maximum atomic E-state index is 12.1. The Bertz CT molecular complexity index is 863. The van der Waals surface area contributed by atoms with E-state index in [1.165, 1.54) is 0 Å². The van der Waals surface area contributed by atoms with Crippen molar-refractivity contribution in [3.8, 4) is 0 Å². The van der Waals surface area contributed by atoms with E-state index in [9.17, 15) is 13.2 Å². The average Bonchev–Trinajstić information content (AvgIpc) is 2.88. The molecular weight excluding hydrogens is 338 g/mol. The number of anilines is 2. The summed E-state index contributed by atoms with van der Waals surface area (Å²) in [5.74, 6) is 0.732. The molecule has 1 saturated heterocycles. The highest BCUT2D eigenvalue weighted by Gasteiger charge is 2.27. The number of sulfone groups is 1. The summed E-state index contributed by atoms with van der Waals surface area (Å²) in [4.78, 5) is 16.3. The van der Waals surface area contributed by atoms with Crippen molar-refractivity contribution in [3.63, 3.8) is 0 Å². The summed E-state index contributed by atoms with van der Waals surface area (Å²) in [6.07, 6.45) is 2.51. The first-order chi connectivity index (χ1) is 11.9. The van der Waals surface area contributed by atoms with Crippen LogP contribution in [-0.4, -0.2) is 36.9 Å². The number of benzene rings is 1. The Morgan fingerprint density at radius 2 is 2.12 bits per heavy atom. The fraction of sp³-hybridized carbons (Fsp3) is 0.333. The summed E-state index contributed by atoms with van der Waals surface area (Å²) in [5, 5.41) is 5.94. The molecule has 2 N–H and O–H groups in total. The molecule has 0 radical (unpaired) electrons. The van der Waals surface area contributed by atoms with Crippen LogP contribution in [0.15, 0.2) is 42.6 Å². The van der Waals surface area contributed by atoms with Crippen LogP contribution in [-0.2, 0) is 21.1 Å². The minimum absolute atomic E-state index is 0.0754. The molecule has 25 heavy (non-hydrogen) atoms. The number of hydrogen-bond acceptors (Lipinski definition) is 5. The second-order valence-electron chi connectivity index (χ2n) is 6.39. The molecule has 1 atom stereocenters. The molecule has 132 valence electrons. The van der Waals surface area contributed by atoms with Gasteiger partial charge in [-0.25, -0.2) is 13.4 Å². The van der Waals surface area contributed by atoms with E-state index in [0.29, 0.717) is 18.7 Å². The van der Waals surface area contributed by atoms with Gasteiger partial charge >= 0.3 is 0 Å². The fourth-order valence-electron chi connectivity index (χ4n) is 2.89. The largest absolute Gasteiger partial charge is 0.380 e. The summed E-state index contributed by atoms with van der Waals surface area (Å²) < 4.78 is 22.9. The van der Waals surface area contributed by atoms with Gasteiger partial charge in [-0.1, -0.05) is 29.8 Å². The molecule has 1 unspecified atom stereocenters. The smallest absolute Gasteiger partial charge is 0.229 e. The third-order valence-electron chi connectivity index (χ3n) is 4.08. The predicted octanol–water partition coefficient (Wildman–Crippen LogP) is 2.17. The minimum atomic E-state index is -2.91. The number of rotatable bonds is 5. The van der Waals surface area contributed by atoms with Gasteiger partial charge in [-0.2, -0.15) is 0 Å². The van der Waals surface area contributed by atoms with Crippen LogP contribution in [0, 0.1) is 6.92 Å². The Balaban J connectivity index is 1.54. The zero-order valence-corrected chi connectivity index (χ0v) is 14.8. The van der Waals surface area contributed by atoms with Crippen LogP contribution in [0.2, 0.25) is 0 Å². The lowest BCUT2D eigenvalue weighted by atomic mass is 10.1. The number of carbonyl (C=O) groups is 1. The number of carbonyl (C=O) groups excluding carboxylic acids is 1. The van der Waals surface area contributed by atoms with Crippen molar-refractivity contribution >= 4 is 27.2 Å². The molecule has 0 saturated carbocycles. The third kappa shape index (κ3) is 5.03. The quantitative estimate of drug-likeness (QED) is 0.854. The first-order valence-electron chi connectivity index (χ1n) is 8.18. The molecular formula is C18H21N3O3S. The van der Waals surface area contributed by atoms with Gasteiger partial charge < -0.3 is 10.6 Å². The molecule has 1 aliphatic rings. The van der Waals surface area contributed by atoms with E-state index in [1.54, 1.807) is 18.3 Å². The van der Waals surface area contributed by atoms with Crippen molar-refractivity contribution < 1.29 is 13.2 Å². The summed E-state index contributed by atoms with van der Waals surface area (Å²) in [6.45, 7) is 1.99. The van der Waals surface area contributed by atoms with Gasteiger partial charge in [0, 0.05) is 6.04 Å². The number of nitrogens with zero attached hydrogens (tertiary/aromatic N) is 1. The van der Waals surface area contributed by atoms with Gasteiger partial charge in [0.15, 0.2) is 9.84 Å². The highest BCUT2D eigenvalue weighted by Crippen LogP contribution is 2.18. The van der Waals surface area contributed by atoms with Gasteiger partial charge in [0.1, 0.15) is 5.82 Å². The van der Waals surface area contributed by atoms with Gasteiger partial charge in [0.2, 0.25) is 5.91 Å². The van der Waals surface area contributed by atoms with Gasteiger partial charge in [-0.05, 0) is 31.0 Å². The SMILES string of the molecule is Cc1cccc(CC(=O)Nc2ccc(NC3CCS(=O)(=O)C3)cn2)c1. The van der Waals surface area contributed by atoms with E-state index in [4.69, 9.17) is 0 Å². The summed E-state index contributed by atoms with van der Waals surface area (Å²) in [6, 6.07) is 11.2. The van der Waals surface area contributed by atoms with Crippen molar-refractivity contribution in [2.75, 3.05) is 22.1 Å². The monoisotopic (exact) mass is 359 g/mol. The molecule has 6 nitrogen and oxygen atoms in total. The normalized spacial score (nSPS) is 18.7. The number of amides is 1. The topological polar surface area (TPSA) is 88.2 Å². The number of aromatic nitrogens is 1. The van der Waals surface area contributed by atoms with Crippen LogP contribution in [0.3, 0.4) is 0 Å². The van der Waals surface area contributed by atoms with E-state index in [1.807, 2.05) is 31.2 Å². The van der Waals surface area contributed by atoms with Crippen LogP contribution in [0.4, 0.5) is 11.5 Å². The first kappa shape index (κ1) is 17.4. The zero-order chi connectivity index (χ0) is 17.9. The van der Waals surface area contributed by atoms with Crippen molar-refractivity contribution in [1.82, 2.24) is 4.98 Å². The second kappa shape index (κ2) is 7.23. The van der Waals surface area contributed by atoms with Crippen LogP contribution in [0.1, 0.15) is 17.5 Å². The molecule has 3 rings (SSSR count). The average molecular weight is 359 g/mol. The number of nitrogens with one attached hydrogen (secondary N) is 2. The molecule has 1 aromatic heterocycles. The summed E-state index contributed by atoms with van der Waals surface area (Å²) in [5.41, 5.74) is 2.82. The molecule has 0 spiro atoms. The van der Waals surface area contributed by atoms with Crippen LogP contribution >= 0.6 is 0 Å². The molecule has 0 aliphatic carbocycles. The van der Waals surface area contributed by atoms with Crippen molar-refractivity contribution in [3.05, 3.63) is 53.7 Å². The second-order valence-corrected chi connectivity index (χ2v) is 8.62. The highest BCUT2D eigenvalue weighted by molar-refractivity contribution is 7.91. The van der Waals surface area contributed by atoms with E-state index in [-0.39, 0.29) is 23.5 Å². The van der Waals surface area contributed by atoms with Crippen molar-refractivity contribution in [1.29, 1.82) is 0 Å². The summed E-state index contributed by atoms with van der Waals surface area (Å²) >= 11 is 0. The predicted molar refractivity (Wildman–Crippen MR) is 98.4 cm³/mol. The van der Waals surface area contributed by atoms with Gasteiger partial charge in [0.25, 0.3) is 0 Å². The molecule has 1 fully saturated rings. The fourth-order valence-corrected chi connectivity index (χ4v) is 4.57. The van der Waals surface area contributed by atoms with Crippen LogP contribution in [0.25, 0.3) is 0 Å². The van der Waals surface area contributed by atoms with E-state index in [2.05, 4.69) is 15.6 Å². The molecule has 1 aliphatic heterocycles. The maximum absolute atomic E-state index is 12.1. The van der Waals surface area contributed by atoms with Crippen LogP contribution in [0.5, 0.6) is 0 Å². The Morgan fingerprint density at radius 3 is 2.76 bits per heavy atom. The number of pyridine rings is 1. The number of aryl methyl sites for hydroxylation is 1. The summed E-state index contributed by atoms with van der Waals surface area (Å²) in [7, 11) is -2.91. The molecule has 2 aromatic rings. The third-order valence-corrected chi connectivity index (χ3v) is 5.85. The van der Waals surface area contributed by atoms with E-state index >= 15 is 0 Å². The maximum Gasteiger partial charge on any atom is 0.229 e. The van der Waals surface area contributed by atoms with Crippen molar-refractivity contribution in [2.45, 2.75) is 25.8 Å². The lowest BCUT2D eigenvalue weighted by Crippen LogP contribution is -2.20. The molecule has 0 bridgehead atoms.